The number of esters is 2. The fourth-order valence-electron chi connectivity index (χ4n) is 6.85. The van der Waals surface area contributed by atoms with E-state index in [1.165, 1.54) is 20.8 Å². The average molecular weight is 488 g/mol. The maximum absolute atomic E-state index is 12.4. The number of carbonyl (C=O) groups excluding carboxylic acids is 3. The topological polar surface area (TPSA) is 135 Å². The third-order valence-electron chi connectivity index (χ3n) is 7.60. The van der Waals surface area contributed by atoms with Gasteiger partial charge in [0.15, 0.2) is 6.10 Å². The van der Waals surface area contributed by atoms with Crippen molar-refractivity contribution in [3.8, 4) is 0 Å². The van der Waals surface area contributed by atoms with Gasteiger partial charge in [-0.15, -0.1) is 0 Å². The van der Waals surface area contributed by atoms with Crippen molar-refractivity contribution < 1.29 is 41.3 Å². The van der Waals surface area contributed by atoms with Gasteiger partial charge in [0.05, 0.1) is 12.0 Å². The molecule has 0 aliphatic heterocycles. The second-order valence-electron chi connectivity index (χ2n) is 10.4. The number of oxime groups is 1. The summed E-state index contributed by atoms with van der Waals surface area (Å²) in [4.78, 5) is 40.6. The van der Waals surface area contributed by atoms with Crippen molar-refractivity contribution in [2.75, 3.05) is 6.26 Å². The molecule has 0 amide bonds. The van der Waals surface area contributed by atoms with Crippen LogP contribution in [0.2, 0.25) is 0 Å². The van der Waals surface area contributed by atoms with E-state index >= 15 is 0 Å². The molecule has 0 aromatic rings. The highest BCUT2D eigenvalue weighted by atomic mass is 32.2. The Kier molecular flexibility index (Phi) is 6.47. The molecule has 4 aliphatic rings. The lowest BCUT2D eigenvalue weighted by Gasteiger charge is -2.69. The Bertz CT molecular complexity index is 988. The van der Waals surface area contributed by atoms with Crippen molar-refractivity contribution in [1.82, 2.24) is 0 Å². The third kappa shape index (κ3) is 4.29. The van der Waals surface area contributed by atoms with E-state index in [-0.39, 0.29) is 23.7 Å². The molecule has 0 spiro atoms. The lowest BCUT2D eigenvalue weighted by Crippen LogP contribution is -2.71. The standard InChI is InChI=1S/C22H33NO9S/c1-10-9-14(23-31-13(4)26)16-17-15(10)22(16,7)20(32-33(8,27)28)18(29-11(2)24)19(21(17,5)6)30-12(3)25/h10,15-20H,9H2,1-8H3/b23-14+/t10-,15+,16-,17+,18-,19-,20-,22-/m1/s1. The molecule has 33 heavy (non-hydrogen) atoms. The summed E-state index contributed by atoms with van der Waals surface area (Å²) in [5.74, 6) is -2.26. The van der Waals surface area contributed by atoms with Gasteiger partial charge in [-0.2, -0.15) is 8.42 Å². The number of hydrogen-bond acceptors (Lipinski definition) is 10. The summed E-state index contributed by atoms with van der Waals surface area (Å²) >= 11 is 0. The number of ether oxygens (including phenoxy) is 2. The zero-order valence-electron chi connectivity index (χ0n) is 20.3. The Labute approximate surface area is 194 Å². The molecule has 8 atom stereocenters. The van der Waals surface area contributed by atoms with Gasteiger partial charge in [0.2, 0.25) is 0 Å². The van der Waals surface area contributed by atoms with Gasteiger partial charge in [0.1, 0.15) is 12.2 Å². The van der Waals surface area contributed by atoms with Crippen LogP contribution in [-0.2, 0) is 43.0 Å². The zero-order chi connectivity index (χ0) is 25.1. The maximum atomic E-state index is 12.4. The van der Waals surface area contributed by atoms with Gasteiger partial charge in [-0.25, -0.2) is 4.79 Å². The minimum absolute atomic E-state index is 0.0262. The summed E-state index contributed by atoms with van der Waals surface area (Å²) in [6, 6.07) is 0. The molecule has 4 rings (SSSR count). The Morgan fingerprint density at radius 3 is 2.00 bits per heavy atom. The van der Waals surface area contributed by atoms with Crippen molar-refractivity contribution in [2.24, 2.45) is 39.7 Å². The van der Waals surface area contributed by atoms with Crippen molar-refractivity contribution >= 4 is 33.7 Å². The first-order valence-electron chi connectivity index (χ1n) is 11.0. The molecule has 0 heterocycles. The summed E-state index contributed by atoms with van der Waals surface area (Å²) in [7, 11) is -3.99. The van der Waals surface area contributed by atoms with Crippen LogP contribution >= 0.6 is 0 Å². The van der Waals surface area contributed by atoms with Crippen LogP contribution in [0, 0.1) is 34.5 Å². The van der Waals surface area contributed by atoms with Gasteiger partial charge < -0.3 is 14.3 Å². The van der Waals surface area contributed by atoms with Crippen LogP contribution in [-0.4, -0.2) is 56.6 Å². The molecule has 0 saturated heterocycles. The molecule has 0 unspecified atom stereocenters. The molecule has 0 aromatic heterocycles. The minimum atomic E-state index is -3.99. The summed E-state index contributed by atoms with van der Waals surface area (Å²) in [5, 5.41) is 4.14. The third-order valence-corrected chi connectivity index (χ3v) is 8.16. The van der Waals surface area contributed by atoms with Gasteiger partial charge in [-0.3, -0.25) is 13.8 Å². The fraction of sp³-hybridized carbons (Fsp3) is 0.818. The Morgan fingerprint density at radius 2 is 1.52 bits per heavy atom. The number of nitrogens with zero attached hydrogens (tertiary/aromatic N) is 1. The highest BCUT2D eigenvalue weighted by Crippen LogP contribution is 2.73. The van der Waals surface area contributed by atoms with Crippen molar-refractivity contribution in [3.63, 3.8) is 0 Å². The molecule has 4 bridgehead atoms. The second-order valence-corrected chi connectivity index (χ2v) is 12.0. The van der Waals surface area contributed by atoms with E-state index < -0.39 is 57.2 Å². The molecule has 4 fully saturated rings. The van der Waals surface area contributed by atoms with E-state index in [1.807, 2.05) is 27.7 Å². The molecule has 11 heteroatoms. The number of hydrogen-bond donors (Lipinski definition) is 0. The van der Waals surface area contributed by atoms with Crippen molar-refractivity contribution in [3.05, 3.63) is 0 Å². The van der Waals surface area contributed by atoms with Gasteiger partial charge >= 0.3 is 17.9 Å². The Hall–Kier alpha value is -2.01. The molecule has 0 radical (unpaired) electrons. The monoisotopic (exact) mass is 487 g/mol. The first kappa shape index (κ1) is 25.6. The van der Waals surface area contributed by atoms with Crippen LogP contribution in [0.25, 0.3) is 0 Å². The smallest absolute Gasteiger partial charge is 0.331 e. The van der Waals surface area contributed by atoms with E-state index in [2.05, 4.69) is 5.16 Å². The first-order valence-corrected chi connectivity index (χ1v) is 12.8. The van der Waals surface area contributed by atoms with E-state index in [4.69, 9.17) is 18.5 Å². The normalized spacial score (nSPS) is 40.2. The molecule has 0 aromatic carbocycles. The van der Waals surface area contributed by atoms with Crippen LogP contribution in [0.4, 0.5) is 0 Å². The van der Waals surface area contributed by atoms with Crippen molar-refractivity contribution in [1.29, 1.82) is 0 Å². The SMILES string of the molecule is CC(=O)O/N=C1\C[C@@H](C)[C@H]2[C@H]3[C@@H]1[C@]2(C)[C@H](OS(C)(=O)=O)[C@H](OC(C)=O)[C@@H](OC(C)=O)C3(C)C. The van der Waals surface area contributed by atoms with E-state index in [1.54, 1.807) is 0 Å². The quantitative estimate of drug-likeness (QED) is 0.247. The molecule has 186 valence electrons. The Balaban J connectivity index is 2.27. The molecular weight excluding hydrogens is 454 g/mol. The predicted octanol–water partition coefficient (Wildman–Crippen LogP) is 2.06. The maximum Gasteiger partial charge on any atom is 0.331 e. The average Bonchev–Trinajstić information content (AvgIpc) is 2.71. The van der Waals surface area contributed by atoms with Crippen molar-refractivity contribution in [2.45, 2.75) is 73.2 Å². The highest BCUT2D eigenvalue weighted by molar-refractivity contribution is 7.86. The predicted molar refractivity (Wildman–Crippen MR) is 116 cm³/mol. The van der Waals surface area contributed by atoms with Crippen LogP contribution in [0.1, 0.15) is 54.9 Å². The molecular formula is C22H33NO9S. The second kappa shape index (κ2) is 8.33. The number of rotatable bonds is 5. The fourth-order valence-corrected chi connectivity index (χ4v) is 7.54. The lowest BCUT2D eigenvalue weighted by atomic mass is 9.35. The summed E-state index contributed by atoms with van der Waals surface area (Å²) in [6.45, 7) is 11.4. The van der Waals surface area contributed by atoms with E-state index in [9.17, 15) is 22.8 Å². The molecule has 4 saturated carbocycles. The lowest BCUT2D eigenvalue weighted by molar-refractivity contribution is -0.203. The highest BCUT2D eigenvalue weighted by Gasteiger charge is 2.78. The number of fused-ring (bicyclic) bond motifs is 2. The summed E-state index contributed by atoms with van der Waals surface area (Å²) in [6.07, 6.45) is -1.78. The van der Waals surface area contributed by atoms with E-state index in [0.29, 0.717) is 12.1 Å². The molecule has 0 N–H and O–H groups in total. The van der Waals surface area contributed by atoms with Gasteiger partial charge in [0.25, 0.3) is 10.1 Å². The van der Waals surface area contributed by atoms with Crippen LogP contribution < -0.4 is 0 Å². The van der Waals surface area contributed by atoms with Gasteiger partial charge in [0, 0.05) is 37.5 Å². The largest absolute Gasteiger partial charge is 0.458 e. The molecule has 10 nitrogen and oxygen atoms in total. The molecule has 4 aliphatic carbocycles. The first-order chi connectivity index (χ1) is 15.0. The van der Waals surface area contributed by atoms with Gasteiger partial charge in [-0.05, 0) is 24.2 Å². The Morgan fingerprint density at radius 1 is 0.939 bits per heavy atom. The van der Waals surface area contributed by atoms with Crippen LogP contribution in [0.15, 0.2) is 5.16 Å². The van der Waals surface area contributed by atoms with Crippen LogP contribution in [0.5, 0.6) is 0 Å². The summed E-state index contributed by atoms with van der Waals surface area (Å²) < 4.78 is 41.7. The van der Waals surface area contributed by atoms with E-state index in [0.717, 1.165) is 6.26 Å². The number of carbonyl (C=O) groups is 3. The zero-order valence-corrected chi connectivity index (χ0v) is 21.1. The summed E-state index contributed by atoms with van der Waals surface area (Å²) in [5.41, 5.74) is -0.966. The van der Waals surface area contributed by atoms with Gasteiger partial charge in [-0.1, -0.05) is 32.9 Å². The van der Waals surface area contributed by atoms with Crippen LogP contribution in [0.3, 0.4) is 0 Å². The minimum Gasteiger partial charge on any atom is -0.458 e.